The Morgan fingerprint density at radius 3 is 2.78 bits per heavy atom. The minimum absolute atomic E-state index is 0.0474. The molecule has 0 bridgehead atoms. The van der Waals surface area contributed by atoms with Gasteiger partial charge in [0.25, 0.3) is 5.69 Å². The van der Waals surface area contributed by atoms with Crippen molar-refractivity contribution in [2.24, 2.45) is 0 Å². The van der Waals surface area contributed by atoms with Crippen LogP contribution in [0.4, 0.5) is 5.69 Å². The second kappa shape index (κ2) is 4.81. The van der Waals surface area contributed by atoms with Crippen molar-refractivity contribution >= 4 is 23.2 Å². The first kappa shape index (κ1) is 12.6. The highest BCUT2D eigenvalue weighted by atomic mass is 32.2. The van der Waals surface area contributed by atoms with Crippen molar-refractivity contribution in [3.05, 3.63) is 45.6 Å². The van der Waals surface area contributed by atoms with E-state index in [4.69, 9.17) is 0 Å². The van der Waals surface area contributed by atoms with Gasteiger partial charge in [-0.25, -0.2) is 0 Å². The number of ketones is 1. The number of Topliss-reactive ketones (excluding diaryl/α,β-unsaturated/α-hetero) is 1. The topological polar surface area (TPSA) is 63.4 Å². The van der Waals surface area contributed by atoms with Crippen molar-refractivity contribution in [1.82, 2.24) is 4.90 Å². The van der Waals surface area contributed by atoms with Crippen molar-refractivity contribution in [2.75, 3.05) is 19.8 Å². The molecular formula is C12H12N2O3S. The van der Waals surface area contributed by atoms with Gasteiger partial charge < -0.3 is 4.90 Å². The Kier molecular flexibility index (Phi) is 3.38. The van der Waals surface area contributed by atoms with E-state index in [1.54, 1.807) is 17.2 Å². The molecule has 0 spiro atoms. The summed E-state index contributed by atoms with van der Waals surface area (Å²) in [5, 5.41) is 10.7. The van der Waals surface area contributed by atoms with Gasteiger partial charge in [0.15, 0.2) is 5.78 Å². The summed E-state index contributed by atoms with van der Waals surface area (Å²) in [5.74, 6) is 0.475. The number of rotatable bonds is 2. The maximum atomic E-state index is 12.2. The first-order chi connectivity index (χ1) is 8.49. The van der Waals surface area contributed by atoms with Crippen LogP contribution >= 0.6 is 11.8 Å². The molecule has 1 aromatic carbocycles. The lowest BCUT2D eigenvalue weighted by Gasteiger charge is -2.18. The molecule has 1 aliphatic heterocycles. The third-order valence-electron chi connectivity index (χ3n) is 2.51. The van der Waals surface area contributed by atoms with Gasteiger partial charge in [-0.15, -0.1) is 11.8 Å². The number of hydrogen-bond donors (Lipinski definition) is 0. The maximum absolute atomic E-state index is 12.2. The summed E-state index contributed by atoms with van der Waals surface area (Å²) >= 11 is 1.52. The van der Waals surface area contributed by atoms with Crippen molar-refractivity contribution < 1.29 is 9.72 Å². The number of benzene rings is 1. The number of nitrogens with zero attached hydrogens (tertiary/aromatic N) is 2. The average molecular weight is 264 g/mol. The molecule has 6 heteroatoms. The Hall–Kier alpha value is -1.82. The van der Waals surface area contributed by atoms with E-state index in [-0.39, 0.29) is 11.5 Å². The van der Waals surface area contributed by atoms with Crippen molar-refractivity contribution in [3.8, 4) is 0 Å². The smallest absolute Gasteiger partial charge is 0.270 e. The fourth-order valence-corrected chi connectivity index (χ4v) is 2.72. The summed E-state index contributed by atoms with van der Waals surface area (Å²) in [4.78, 5) is 25.0. The standard InChI is InChI=1S/C12H12N2O3S/c1-13(2)6-8-7-18-11-4-3-9(14(16)17)5-10(11)12(8)15/h3-6H,7H2,1-2H3/b8-6-. The molecule has 0 aromatic heterocycles. The third kappa shape index (κ3) is 2.38. The second-order valence-electron chi connectivity index (χ2n) is 4.17. The summed E-state index contributed by atoms with van der Waals surface area (Å²) in [6.07, 6.45) is 1.76. The SMILES string of the molecule is CN(C)/C=C1/CSc2ccc([N+](=O)[O-])cc2C1=O. The van der Waals surface area contributed by atoms with E-state index >= 15 is 0 Å². The van der Waals surface area contributed by atoms with Crippen LogP contribution in [0.1, 0.15) is 10.4 Å². The largest absolute Gasteiger partial charge is 0.383 e. The first-order valence-corrected chi connectivity index (χ1v) is 6.30. The van der Waals surface area contributed by atoms with Crippen molar-refractivity contribution in [2.45, 2.75) is 4.90 Å². The molecular weight excluding hydrogens is 252 g/mol. The molecule has 2 rings (SSSR count). The van der Waals surface area contributed by atoms with Crippen LogP contribution in [-0.4, -0.2) is 35.5 Å². The van der Waals surface area contributed by atoms with Crippen LogP contribution in [0.2, 0.25) is 0 Å². The van der Waals surface area contributed by atoms with Gasteiger partial charge in [-0.1, -0.05) is 0 Å². The molecule has 0 fully saturated rings. The van der Waals surface area contributed by atoms with Gasteiger partial charge in [0.2, 0.25) is 0 Å². The first-order valence-electron chi connectivity index (χ1n) is 5.32. The predicted molar refractivity (Wildman–Crippen MR) is 69.9 cm³/mol. The normalized spacial score (nSPS) is 16.6. The second-order valence-corrected chi connectivity index (χ2v) is 5.19. The van der Waals surface area contributed by atoms with Gasteiger partial charge in [0.1, 0.15) is 0 Å². The monoisotopic (exact) mass is 264 g/mol. The highest BCUT2D eigenvalue weighted by molar-refractivity contribution is 7.99. The molecule has 5 nitrogen and oxygen atoms in total. The van der Waals surface area contributed by atoms with Crippen molar-refractivity contribution in [1.29, 1.82) is 0 Å². The van der Waals surface area contributed by atoms with Gasteiger partial charge in [-0.2, -0.15) is 0 Å². The Bertz CT molecular complexity index is 552. The predicted octanol–water partition coefficient (Wildman–Crippen LogP) is 2.33. The number of nitro groups is 1. The van der Waals surface area contributed by atoms with Crippen molar-refractivity contribution in [3.63, 3.8) is 0 Å². The molecule has 1 heterocycles. The quantitative estimate of drug-likeness (QED) is 0.466. The zero-order valence-electron chi connectivity index (χ0n) is 10.0. The highest BCUT2D eigenvalue weighted by Gasteiger charge is 2.24. The zero-order chi connectivity index (χ0) is 13.3. The Labute approximate surface area is 109 Å². The van der Waals surface area contributed by atoms with E-state index < -0.39 is 4.92 Å². The number of thioether (sulfide) groups is 1. The lowest BCUT2D eigenvalue weighted by molar-refractivity contribution is -0.384. The molecule has 1 aliphatic rings. The lowest BCUT2D eigenvalue weighted by atomic mass is 10.0. The van der Waals surface area contributed by atoms with E-state index in [0.717, 1.165) is 4.90 Å². The molecule has 0 unspecified atom stereocenters. The van der Waals surface area contributed by atoms with Gasteiger partial charge in [0.05, 0.1) is 4.92 Å². The molecule has 0 amide bonds. The Morgan fingerprint density at radius 1 is 1.44 bits per heavy atom. The molecule has 0 radical (unpaired) electrons. The molecule has 0 saturated heterocycles. The summed E-state index contributed by atoms with van der Waals surface area (Å²) in [5.41, 5.74) is 1.04. The third-order valence-corrected chi connectivity index (χ3v) is 3.63. The van der Waals surface area contributed by atoms with Crippen LogP contribution in [0, 0.1) is 10.1 Å². The molecule has 0 atom stereocenters. The molecule has 1 aromatic rings. The van der Waals surface area contributed by atoms with E-state index in [2.05, 4.69) is 0 Å². The number of hydrogen-bond acceptors (Lipinski definition) is 5. The lowest BCUT2D eigenvalue weighted by Crippen LogP contribution is -2.16. The number of carbonyl (C=O) groups excluding carboxylic acids is 1. The maximum Gasteiger partial charge on any atom is 0.270 e. The fraction of sp³-hybridized carbons (Fsp3) is 0.250. The van der Waals surface area contributed by atoms with Gasteiger partial charge in [0, 0.05) is 54.2 Å². The van der Waals surface area contributed by atoms with Crippen LogP contribution in [0.15, 0.2) is 34.9 Å². The highest BCUT2D eigenvalue weighted by Crippen LogP contribution is 2.34. The Morgan fingerprint density at radius 2 is 2.17 bits per heavy atom. The van der Waals surface area contributed by atoms with Crippen LogP contribution in [0.25, 0.3) is 0 Å². The van der Waals surface area contributed by atoms with E-state index in [1.165, 1.54) is 23.9 Å². The number of nitro benzene ring substituents is 1. The molecule has 0 saturated carbocycles. The van der Waals surface area contributed by atoms with E-state index in [0.29, 0.717) is 16.9 Å². The molecule has 0 aliphatic carbocycles. The summed E-state index contributed by atoms with van der Waals surface area (Å²) < 4.78 is 0. The van der Waals surface area contributed by atoms with Gasteiger partial charge in [-0.3, -0.25) is 14.9 Å². The number of non-ortho nitro benzene ring substituents is 1. The summed E-state index contributed by atoms with van der Waals surface area (Å²) in [6.45, 7) is 0. The van der Waals surface area contributed by atoms with Crippen LogP contribution in [0.5, 0.6) is 0 Å². The summed E-state index contributed by atoms with van der Waals surface area (Å²) in [7, 11) is 3.68. The van der Waals surface area contributed by atoms with Crippen LogP contribution in [-0.2, 0) is 0 Å². The van der Waals surface area contributed by atoms with E-state index in [9.17, 15) is 14.9 Å². The van der Waals surface area contributed by atoms with Gasteiger partial charge in [-0.05, 0) is 6.07 Å². The molecule has 0 N–H and O–H groups in total. The molecule has 94 valence electrons. The molecule has 18 heavy (non-hydrogen) atoms. The summed E-state index contributed by atoms with van der Waals surface area (Å²) in [6, 6.07) is 4.43. The number of carbonyl (C=O) groups is 1. The number of fused-ring (bicyclic) bond motifs is 1. The fourth-order valence-electron chi connectivity index (χ4n) is 1.74. The Balaban J connectivity index is 2.44. The minimum atomic E-state index is -0.484. The minimum Gasteiger partial charge on any atom is -0.383 e. The van der Waals surface area contributed by atoms with Crippen LogP contribution < -0.4 is 0 Å². The van der Waals surface area contributed by atoms with E-state index in [1.807, 2.05) is 14.1 Å². The van der Waals surface area contributed by atoms with Gasteiger partial charge >= 0.3 is 0 Å². The zero-order valence-corrected chi connectivity index (χ0v) is 10.9. The van der Waals surface area contributed by atoms with Crippen LogP contribution in [0.3, 0.4) is 0 Å². The average Bonchev–Trinajstić information content (AvgIpc) is 2.32.